The fourth-order valence-corrected chi connectivity index (χ4v) is 3.41. The van der Waals surface area contributed by atoms with Crippen LogP contribution in [0.3, 0.4) is 0 Å². The van der Waals surface area contributed by atoms with Crippen LogP contribution in [0.15, 0.2) is 36.4 Å². The summed E-state index contributed by atoms with van der Waals surface area (Å²) in [6, 6.07) is 7.61. The third-order valence-electron chi connectivity index (χ3n) is 5.16. The van der Waals surface area contributed by atoms with Gasteiger partial charge in [-0.3, -0.25) is 9.59 Å². The summed E-state index contributed by atoms with van der Waals surface area (Å²) in [6.07, 6.45) is 1.64. The number of carbonyl (C=O) groups excluding carboxylic acids is 6. The Morgan fingerprint density at radius 2 is 1.55 bits per heavy atom. The van der Waals surface area contributed by atoms with Crippen LogP contribution in [0.1, 0.15) is 112 Å². The number of unbranched alkanes of at least 4 members (excludes halogenated alkanes) is 1. The zero-order valence-electron chi connectivity index (χ0n) is 23.5. The highest BCUT2D eigenvalue weighted by atomic mass is 16.6. The quantitative estimate of drug-likeness (QED) is 0.0916. The SMILES string of the molecule is CCCCOC(=O)c1nc(C(=O)C=C=O)c(C(=O)c2ccccc2)c(C(=O)OC(C)(C)C)c1C(=O)OCC(C)C. The molecule has 0 aliphatic carbocycles. The normalized spacial score (nSPS) is 10.9. The Labute approximate surface area is 232 Å². The van der Waals surface area contributed by atoms with Gasteiger partial charge in [-0.25, -0.2) is 24.2 Å². The van der Waals surface area contributed by atoms with Crippen molar-refractivity contribution in [1.82, 2.24) is 4.98 Å². The molecule has 0 saturated carbocycles. The molecule has 2 aromatic rings. The number of allylic oxidation sites excluding steroid dienone is 1. The molecule has 10 nitrogen and oxygen atoms in total. The van der Waals surface area contributed by atoms with Gasteiger partial charge in [0, 0.05) is 5.56 Å². The van der Waals surface area contributed by atoms with Gasteiger partial charge < -0.3 is 14.2 Å². The van der Waals surface area contributed by atoms with Crippen molar-refractivity contribution in [3.05, 3.63) is 70.0 Å². The highest BCUT2D eigenvalue weighted by Crippen LogP contribution is 2.29. The summed E-state index contributed by atoms with van der Waals surface area (Å²) >= 11 is 0. The van der Waals surface area contributed by atoms with E-state index in [4.69, 9.17) is 14.2 Å². The predicted molar refractivity (Wildman–Crippen MR) is 144 cm³/mol. The summed E-state index contributed by atoms with van der Waals surface area (Å²) < 4.78 is 16.1. The van der Waals surface area contributed by atoms with Gasteiger partial charge >= 0.3 is 17.9 Å². The van der Waals surface area contributed by atoms with Gasteiger partial charge in [-0.05, 0) is 33.1 Å². The minimum absolute atomic E-state index is 0.0398. The molecule has 0 bridgehead atoms. The molecule has 1 heterocycles. The summed E-state index contributed by atoms with van der Waals surface area (Å²) in [5.74, 6) is -4.25. The minimum Gasteiger partial charge on any atom is -0.462 e. The number of nitrogens with zero attached hydrogens (tertiary/aromatic N) is 1. The van der Waals surface area contributed by atoms with Crippen molar-refractivity contribution in [3.8, 4) is 0 Å². The van der Waals surface area contributed by atoms with Gasteiger partial charge in [-0.15, -0.1) is 0 Å². The Hall–Kier alpha value is -4.43. The predicted octanol–water partition coefficient (Wildman–Crippen LogP) is 4.61. The lowest BCUT2D eigenvalue weighted by Crippen LogP contribution is -2.31. The molecule has 0 atom stereocenters. The molecular weight excluding hydrogens is 518 g/mol. The Morgan fingerprint density at radius 3 is 2.10 bits per heavy atom. The van der Waals surface area contributed by atoms with Crippen molar-refractivity contribution >= 4 is 35.4 Å². The first-order valence-electron chi connectivity index (χ1n) is 12.8. The first-order chi connectivity index (χ1) is 18.8. The number of ether oxygens (including phenoxy) is 3. The van der Waals surface area contributed by atoms with Crippen LogP contribution in [0, 0.1) is 5.92 Å². The van der Waals surface area contributed by atoms with E-state index in [0.29, 0.717) is 18.9 Å². The van der Waals surface area contributed by atoms with E-state index in [0.717, 1.165) is 0 Å². The molecule has 0 aliphatic heterocycles. The molecule has 0 N–H and O–H groups in total. The fraction of sp³-hybridized carbons (Fsp3) is 0.400. The molecular formula is C30H33NO9. The maximum atomic E-state index is 13.8. The summed E-state index contributed by atoms with van der Waals surface area (Å²) in [5.41, 5.74) is -4.52. The highest BCUT2D eigenvalue weighted by molar-refractivity contribution is 6.25. The van der Waals surface area contributed by atoms with E-state index in [1.165, 1.54) is 18.1 Å². The van der Waals surface area contributed by atoms with Crippen molar-refractivity contribution in [2.24, 2.45) is 5.92 Å². The molecule has 0 spiro atoms. The first-order valence-corrected chi connectivity index (χ1v) is 12.8. The van der Waals surface area contributed by atoms with Gasteiger partial charge in [0.05, 0.1) is 30.4 Å². The van der Waals surface area contributed by atoms with Crippen molar-refractivity contribution in [2.45, 2.75) is 60.0 Å². The van der Waals surface area contributed by atoms with E-state index < -0.39 is 63.2 Å². The number of benzene rings is 1. The van der Waals surface area contributed by atoms with E-state index in [9.17, 15) is 28.8 Å². The van der Waals surface area contributed by atoms with Crippen LogP contribution < -0.4 is 0 Å². The van der Waals surface area contributed by atoms with Crippen LogP contribution in [0.4, 0.5) is 0 Å². The topological polar surface area (TPSA) is 143 Å². The molecule has 1 aromatic heterocycles. The van der Waals surface area contributed by atoms with Gasteiger partial charge in [0.25, 0.3) is 0 Å². The van der Waals surface area contributed by atoms with Gasteiger partial charge in [-0.2, -0.15) is 0 Å². The standard InChI is InChI=1S/C30H33NO9/c1-7-8-16-38-29(37)25-23(27(35)39-17-18(2)3)21(28(36)40-30(4,5)6)22(24(31-25)20(33)14-15-32)26(34)19-12-10-9-11-13-19/h9-14,18H,7-8,16-17H2,1-6H3. The molecule has 40 heavy (non-hydrogen) atoms. The second kappa shape index (κ2) is 14.1. The van der Waals surface area contributed by atoms with E-state index >= 15 is 0 Å². The summed E-state index contributed by atoms with van der Waals surface area (Å²) in [7, 11) is 0. The lowest BCUT2D eigenvalue weighted by molar-refractivity contribution is 0.00615. The number of carbonyl (C=O) groups is 5. The fourth-order valence-electron chi connectivity index (χ4n) is 3.41. The average Bonchev–Trinajstić information content (AvgIpc) is 2.89. The molecule has 0 aliphatic rings. The number of aromatic nitrogens is 1. The van der Waals surface area contributed by atoms with Gasteiger partial charge in [0.2, 0.25) is 5.78 Å². The number of esters is 3. The molecule has 0 amide bonds. The van der Waals surface area contributed by atoms with Crippen LogP contribution in [-0.2, 0) is 19.0 Å². The van der Waals surface area contributed by atoms with Crippen LogP contribution in [0.2, 0.25) is 0 Å². The second-order valence-corrected chi connectivity index (χ2v) is 10.2. The van der Waals surface area contributed by atoms with Crippen molar-refractivity contribution in [2.75, 3.05) is 13.2 Å². The molecule has 0 unspecified atom stereocenters. The summed E-state index contributed by atoms with van der Waals surface area (Å²) in [4.78, 5) is 82.3. The van der Waals surface area contributed by atoms with Crippen LogP contribution in [-0.4, -0.2) is 59.2 Å². The van der Waals surface area contributed by atoms with Gasteiger partial charge in [0.15, 0.2) is 11.5 Å². The Bertz CT molecular complexity index is 1330. The van der Waals surface area contributed by atoms with E-state index in [1.807, 2.05) is 6.92 Å². The van der Waals surface area contributed by atoms with Gasteiger partial charge in [0.1, 0.15) is 22.8 Å². The van der Waals surface area contributed by atoms with Crippen LogP contribution in [0.5, 0.6) is 0 Å². The first kappa shape index (κ1) is 31.8. The Morgan fingerprint density at radius 1 is 0.900 bits per heavy atom. The second-order valence-electron chi connectivity index (χ2n) is 10.2. The van der Waals surface area contributed by atoms with Crippen molar-refractivity contribution in [1.29, 1.82) is 0 Å². The van der Waals surface area contributed by atoms with Crippen LogP contribution in [0.25, 0.3) is 0 Å². The number of ketones is 2. The number of rotatable bonds is 12. The van der Waals surface area contributed by atoms with Gasteiger partial charge in [-0.1, -0.05) is 57.5 Å². The van der Waals surface area contributed by atoms with E-state index in [2.05, 4.69) is 4.98 Å². The lowest BCUT2D eigenvalue weighted by Gasteiger charge is -2.23. The largest absolute Gasteiger partial charge is 0.462 e. The highest BCUT2D eigenvalue weighted by Gasteiger charge is 2.38. The number of hydrogen-bond donors (Lipinski definition) is 0. The Kier molecular flexibility index (Phi) is 11.2. The molecule has 0 fully saturated rings. The molecule has 0 saturated heterocycles. The van der Waals surface area contributed by atoms with E-state index in [-0.39, 0.29) is 24.7 Å². The third kappa shape index (κ3) is 8.28. The molecule has 2 rings (SSSR count). The molecule has 212 valence electrons. The average molecular weight is 552 g/mol. The van der Waals surface area contributed by atoms with E-state index in [1.54, 1.807) is 52.8 Å². The smallest absolute Gasteiger partial charge is 0.357 e. The number of hydrogen-bond acceptors (Lipinski definition) is 10. The monoisotopic (exact) mass is 551 g/mol. The van der Waals surface area contributed by atoms with Crippen molar-refractivity contribution < 1.29 is 43.0 Å². The zero-order valence-corrected chi connectivity index (χ0v) is 23.5. The molecule has 1 aromatic carbocycles. The minimum atomic E-state index is -1.18. The molecule has 0 radical (unpaired) electrons. The maximum Gasteiger partial charge on any atom is 0.357 e. The summed E-state index contributed by atoms with van der Waals surface area (Å²) in [5, 5.41) is 0. The maximum absolute atomic E-state index is 13.8. The lowest BCUT2D eigenvalue weighted by atomic mass is 9.90. The van der Waals surface area contributed by atoms with Crippen molar-refractivity contribution in [3.63, 3.8) is 0 Å². The third-order valence-corrected chi connectivity index (χ3v) is 5.16. The van der Waals surface area contributed by atoms with Crippen LogP contribution >= 0.6 is 0 Å². The summed E-state index contributed by atoms with van der Waals surface area (Å²) in [6.45, 7) is 9.97. The Balaban J connectivity index is 3.08. The zero-order chi connectivity index (χ0) is 30.0. The number of pyridine rings is 1. The molecule has 10 heteroatoms.